The van der Waals surface area contributed by atoms with Crippen molar-refractivity contribution in [1.82, 2.24) is 4.98 Å². The molecular formula is C11H13NO2S. The van der Waals surface area contributed by atoms with Crippen LogP contribution in [0.25, 0.3) is 0 Å². The lowest BCUT2D eigenvalue weighted by Gasteiger charge is -2.31. The largest absolute Gasteiger partial charge is 0.480 e. The number of carboxylic acid groups (broad SMARTS) is 1. The van der Waals surface area contributed by atoms with Gasteiger partial charge in [0, 0.05) is 6.20 Å². The summed E-state index contributed by atoms with van der Waals surface area (Å²) in [6.07, 6.45) is 4.42. The number of rotatable bonds is 2. The van der Waals surface area contributed by atoms with Crippen LogP contribution in [-0.4, -0.2) is 21.8 Å². The zero-order valence-electron chi connectivity index (χ0n) is 8.35. The van der Waals surface area contributed by atoms with E-state index in [0.29, 0.717) is 12.1 Å². The molecule has 2 heterocycles. The van der Waals surface area contributed by atoms with E-state index in [-0.39, 0.29) is 0 Å². The first-order chi connectivity index (χ1) is 7.26. The lowest BCUT2D eigenvalue weighted by Crippen LogP contribution is -2.35. The first kappa shape index (κ1) is 10.5. The van der Waals surface area contributed by atoms with Gasteiger partial charge in [0.05, 0.1) is 5.69 Å². The molecule has 1 unspecified atom stereocenters. The third kappa shape index (κ3) is 1.86. The lowest BCUT2D eigenvalue weighted by molar-refractivity contribution is -0.140. The van der Waals surface area contributed by atoms with Gasteiger partial charge < -0.3 is 5.11 Å². The average molecular weight is 223 g/mol. The van der Waals surface area contributed by atoms with E-state index in [2.05, 4.69) is 4.98 Å². The van der Waals surface area contributed by atoms with Crippen molar-refractivity contribution in [1.29, 1.82) is 0 Å². The van der Waals surface area contributed by atoms with Gasteiger partial charge >= 0.3 is 5.97 Å². The summed E-state index contributed by atoms with van der Waals surface area (Å²) in [4.78, 5) is 15.6. The zero-order valence-corrected chi connectivity index (χ0v) is 9.17. The summed E-state index contributed by atoms with van der Waals surface area (Å²) in [5, 5.41) is 9.38. The van der Waals surface area contributed by atoms with E-state index in [1.165, 1.54) is 11.8 Å². The minimum absolute atomic E-state index is 0.683. The Morgan fingerprint density at radius 1 is 1.47 bits per heavy atom. The maximum Gasteiger partial charge on any atom is 0.325 e. The molecule has 0 bridgehead atoms. The fourth-order valence-electron chi connectivity index (χ4n) is 1.88. The molecule has 0 spiro atoms. The highest BCUT2D eigenvalue weighted by atomic mass is 32.2. The molecule has 80 valence electrons. The number of carboxylic acids is 1. The molecule has 1 aliphatic heterocycles. The predicted octanol–water partition coefficient (Wildman–Crippen LogP) is 2.28. The smallest absolute Gasteiger partial charge is 0.325 e. The molecule has 0 saturated carbocycles. The highest BCUT2D eigenvalue weighted by Gasteiger charge is 2.43. The Morgan fingerprint density at radius 3 is 2.87 bits per heavy atom. The van der Waals surface area contributed by atoms with Crippen LogP contribution < -0.4 is 0 Å². The second-order valence-electron chi connectivity index (χ2n) is 3.65. The van der Waals surface area contributed by atoms with E-state index < -0.39 is 10.7 Å². The first-order valence-corrected chi connectivity index (χ1v) is 6.03. The number of nitrogens with zero attached hydrogens (tertiary/aromatic N) is 1. The van der Waals surface area contributed by atoms with Crippen LogP contribution in [0, 0.1) is 0 Å². The van der Waals surface area contributed by atoms with Crippen molar-refractivity contribution in [3.8, 4) is 0 Å². The molecule has 1 aromatic rings. The van der Waals surface area contributed by atoms with Gasteiger partial charge in [-0.2, -0.15) is 0 Å². The Kier molecular flexibility index (Phi) is 2.95. The number of pyridine rings is 1. The van der Waals surface area contributed by atoms with Gasteiger partial charge in [-0.1, -0.05) is 12.5 Å². The van der Waals surface area contributed by atoms with Crippen molar-refractivity contribution in [3.63, 3.8) is 0 Å². The molecule has 0 aliphatic carbocycles. The molecule has 0 aromatic carbocycles. The summed E-state index contributed by atoms with van der Waals surface area (Å²) in [7, 11) is 0. The molecule has 1 saturated heterocycles. The minimum Gasteiger partial charge on any atom is -0.480 e. The molecule has 1 aliphatic rings. The van der Waals surface area contributed by atoms with Gasteiger partial charge in [-0.25, -0.2) is 0 Å². The first-order valence-electron chi connectivity index (χ1n) is 5.04. The van der Waals surface area contributed by atoms with E-state index in [0.717, 1.165) is 18.6 Å². The molecule has 0 radical (unpaired) electrons. The van der Waals surface area contributed by atoms with Crippen molar-refractivity contribution < 1.29 is 9.90 Å². The highest BCUT2D eigenvalue weighted by molar-refractivity contribution is 8.01. The van der Waals surface area contributed by atoms with Gasteiger partial charge in [-0.05, 0) is 30.7 Å². The van der Waals surface area contributed by atoms with E-state index in [9.17, 15) is 9.90 Å². The molecule has 1 atom stereocenters. The summed E-state index contributed by atoms with van der Waals surface area (Å²) >= 11 is 1.51. The third-order valence-corrected chi connectivity index (χ3v) is 4.27. The van der Waals surface area contributed by atoms with Crippen LogP contribution in [0.1, 0.15) is 25.0 Å². The van der Waals surface area contributed by atoms with E-state index >= 15 is 0 Å². The molecule has 4 heteroatoms. The topological polar surface area (TPSA) is 50.2 Å². The Morgan fingerprint density at radius 2 is 2.33 bits per heavy atom. The van der Waals surface area contributed by atoms with Crippen LogP contribution in [-0.2, 0) is 9.54 Å². The molecule has 1 aromatic heterocycles. The quantitative estimate of drug-likeness (QED) is 0.835. The normalized spacial score (nSPS) is 26.1. The van der Waals surface area contributed by atoms with Crippen LogP contribution >= 0.6 is 11.8 Å². The minimum atomic E-state index is -0.806. The van der Waals surface area contributed by atoms with Gasteiger partial charge in [-0.3, -0.25) is 9.78 Å². The maximum atomic E-state index is 11.4. The van der Waals surface area contributed by atoms with Gasteiger partial charge in [0.25, 0.3) is 0 Å². The van der Waals surface area contributed by atoms with Gasteiger partial charge in [0.1, 0.15) is 0 Å². The highest BCUT2D eigenvalue weighted by Crippen LogP contribution is 2.44. The van der Waals surface area contributed by atoms with Crippen molar-refractivity contribution in [2.75, 3.05) is 5.75 Å². The monoisotopic (exact) mass is 223 g/mol. The van der Waals surface area contributed by atoms with Crippen LogP contribution in [0.3, 0.4) is 0 Å². The summed E-state index contributed by atoms with van der Waals surface area (Å²) in [6, 6.07) is 5.47. The number of aromatic nitrogens is 1. The Bertz CT molecular complexity index is 347. The summed E-state index contributed by atoms with van der Waals surface area (Å²) in [5.74, 6) is 0.147. The van der Waals surface area contributed by atoms with Crippen LogP contribution in [0.4, 0.5) is 0 Å². The molecule has 3 nitrogen and oxygen atoms in total. The molecule has 1 N–H and O–H groups in total. The van der Waals surface area contributed by atoms with E-state index in [4.69, 9.17) is 0 Å². The van der Waals surface area contributed by atoms with Crippen molar-refractivity contribution in [2.45, 2.75) is 24.0 Å². The molecule has 15 heavy (non-hydrogen) atoms. The predicted molar refractivity (Wildman–Crippen MR) is 59.9 cm³/mol. The number of aliphatic carboxylic acids is 1. The SMILES string of the molecule is O=C(O)C1(c2ccccn2)CCCCS1. The third-order valence-electron chi connectivity index (χ3n) is 2.70. The van der Waals surface area contributed by atoms with Crippen LogP contribution in [0.5, 0.6) is 0 Å². The van der Waals surface area contributed by atoms with Crippen molar-refractivity contribution in [2.24, 2.45) is 0 Å². The van der Waals surface area contributed by atoms with Gasteiger partial charge in [0.2, 0.25) is 0 Å². The molecular weight excluding hydrogens is 210 g/mol. The summed E-state index contributed by atoms with van der Waals surface area (Å²) in [6.45, 7) is 0. The lowest BCUT2D eigenvalue weighted by atomic mass is 9.96. The van der Waals surface area contributed by atoms with Crippen molar-refractivity contribution in [3.05, 3.63) is 30.1 Å². The van der Waals surface area contributed by atoms with Gasteiger partial charge in [0.15, 0.2) is 4.75 Å². The Labute approximate surface area is 92.9 Å². The average Bonchev–Trinajstić information content (AvgIpc) is 2.31. The fraction of sp³-hybridized carbons (Fsp3) is 0.455. The van der Waals surface area contributed by atoms with E-state index in [1.807, 2.05) is 18.2 Å². The summed E-state index contributed by atoms with van der Waals surface area (Å²) in [5.41, 5.74) is 0.683. The molecule has 0 amide bonds. The Balaban J connectivity index is 2.38. The van der Waals surface area contributed by atoms with E-state index in [1.54, 1.807) is 6.20 Å². The van der Waals surface area contributed by atoms with Crippen LogP contribution in [0.2, 0.25) is 0 Å². The van der Waals surface area contributed by atoms with Crippen molar-refractivity contribution >= 4 is 17.7 Å². The maximum absolute atomic E-state index is 11.4. The second-order valence-corrected chi connectivity index (χ2v) is 5.05. The standard InChI is InChI=1S/C11H13NO2S/c13-10(14)11(6-2-4-8-15-11)9-5-1-3-7-12-9/h1,3,5,7H,2,4,6,8H2,(H,13,14). The Hall–Kier alpha value is -1.03. The molecule has 2 rings (SSSR count). The van der Waals surface area contributed by atoms with Crippen LogP contribution in [0.15, 0.2) is 24.4 Å². The number of hydrogen-bond donors (Lipinski definition) is 1. The number of hydrogen-bond acceptors (Lipinski definition) is 3. The second kappa shape index (κ2) is 4.23. The number of thioether (sulfide) groups is 1. The molecule has 1 fully saturated rings. The summed E-state index contributed by atoms with van der Waals surface area (Å²) < 4.78 is -0.806. The fourth-order valence-corrected chi connectivity index (χ4v) is 3.25. The van der Waals surface area contributed by atoms with Gasteiger partial charge in [-0.15, -0.1) is 11.8 Å². The zero-order chi connectivity index (χ0) is 10.7. The number of carbonyl (C=O) groups is 1.